The molecule has 3 heteroatoms. The molecule has 0 radical (unpaired) electrons. The number of nitrogens with zero attached hydrogens (tertiary/aromatic N) is 1. The van der Waals surface area contributed by atoms with E-state index in [-0.39, 0.29) is 12.4 Å². The predicted molar refractivity (Wildman–Crippen MR) is 86.5 cm³/mol. The van der Waals surface area contributed by atoms with E-state index in [4.69, 9.17) is 0 Å². The Labute approximate surface area is 130 Å². The molecule has 0 saturated carbocycles. The van der Waals surface area contributed by atoms with Crippen LogP contribution in [0.4, 0.5) is 0 Å². The van der Waals surface area contributed by atoms with Gasteiger partial charge < -0.3 is 10.0 Å². The number of aliphatic hydroxyl groups is 1. The molecule has 3 rings (SSSR count). The van der Waals surface area contributed by atoms with E-state index in [0.29, 0.717) is 12.2 Å². The van der Waals surface area contributed by atoms with Crippen LogP contribution in [0.15, 0.2) is 72.4 Å². The molecule has 1 N–H and O–H groups in total. The molecule has 0 bridgehead atoms. The highest BCUT2D eigenvalue weighted by Crippen LogP contribution is 2.38. The van der Waals surface area contributed by atoms with E-state index in [1.165, 1.54) is 0 Å². The molecule has 0 amide bonds. The molecule has 22 heavy (non-hydrogen) atoms. The Kier molecular flexibility index (Phi) is 3.82. The number of carbonyl (C=O) groups is 1. The van der Waals surface area contributed by atoms with Crippen molar-refractivity contribution < 1.29 is 9.90 Å². The van der Waals surface area contributed by atoms with Crippen LogP contribution < -0.4 is 0 Å². The standard InChI is InChI=1S/C19H19NO2/c1-20-14-19(15-8-4-2-5-9-15,16-10-6-3-7-11-16)18(22)12-17(20)13-21/h2-12,21H,13-14H2,1H3. The van der Waals surface area contributed by atoms with Gasteiger partial charge in [0.2, 0.25) is 0 Å². The van der Waals surface area contributed by atoms with Gasteiger partial charge in [0, 0.05) is 25.4 Å². The number of allylic oxidation sites excluding steroid dienone is 1. The molecule has 1 aliphatic rings. The van der Waals surface area contributed by atoms with Crippen molar-refractivity contribution >= 4 is 5.78 Å². The van der Waals surface area contributed by atoms with Crippen LogP contribution in [0.3, 0.4) is 0 Å². The first-order valence-corrected chi connectivity index (χ1v) is 7.36. The highest BCUT2D eigenvalue weighted by molar-refractivity contribution is 6.03. The maximum Gasteiger partial charge on any atom is 0.174 e. The number of hydrogen-bond donors (Lipinski definition) is 1. The summed E-state index contributed by atoms with van der Waals surface area (Å²) in [5.41, 5.74) is 1.89. The van der Waals surface area contributed by atoms with Crippen LogP contribution in [0.5, 0.6) is 0 Å². The molecule has 0 aliphatic carbocycles. The minimum absolute atomic E-state index is 0.0204. The number of benzene rings is 2. The van der Waals surface area contributed by atoms with Crippen LogP contribution in [0, 0.1) is 0 Å². The van der Waals surface area contributed by atoms with Crippen LogP contribution in [0.1, 0.15) is 11.1 Å². The Balaban J connectivity index is 2.22. The van der Waals surface area contributed by atoms with Crippen molar-refractivity contribution in [3.63, 3.8) is 0 Å². The number of carbonyl (C=O) groups excluding carboxylic acids is 1. The average molecular weight is 293 g/mol. The second-order valence-corrected chi connectivity index (χ2v) is 5.65. The van der Waals surface area contributed by atoms with Gasteiger partial charge >= 0.3 is 0 Å². The summed E-state index contributed by atoms with van der Waals surface area (Å²) in [6, 6.07) is 19.7. The van der Waals surface area contributed by atoms with Gasteiger partial charge in [-0.3, -0.25) is 4.79 Å². The summed E-state index contributed by atoms with van der Waals surface area (Å²) in [7, 11) is 1.91. The van der Waals surface area contributed by atoms with Gasteiger partial charge in [0.1, 0.15) is 5.41 Å². The highest BCUT2D eigenvalue weighted by atomic mass is 16.3. The Morgan fingerprint density at radius 2 is 1.50 bits per heavy atom. The summed E-state index contributed by atoms with van der Waals surface area (Å²) >= 11 is 0. The Bertz CT molecular complexity index is 652. The molecule has 2 aromatic rings. The number of likely N-dealkylation sites (N-methyl/N-ethyl adjacent to an activating group) is 1. The fraction of sp³-hybridized carbons (Fsp3) is 0.211. The van der Waals surface area contributed by atoms with Crippen molar-refractivity contribution in [1.29, 1.82) is 0 Å². The number of ketones is 1. The Hall–Kier alpha value is -2.39. The van der Waals surface area contributed by atoms with E-state index in [9.17, 15) is 9.90 Å². The van der Waals surface area contributed by atoms with Crippen molar-refractivity contribution in [2.75, 3.05) is 20.2 Å². The van der Waals surface area contributed by atoms with Crippen molar-refractivity contribution in [2.45, 2.75) is 5.41 Å². The van der Waals surface area contributed by atoms with Crippen molar-refractivity contribution in [2.24, 2.45) is 0 Å². The quantitative estimate of drug-likeness (QED) is 0.944. The summed E-state index contributed by atoms with van der Waals surface area (Å²) in [5.74, 6) is 0.0204. The first-order chi connectivity index (χ1) is 10.7. The minimum Gasteiger partial charge on any atom is -0.390 e. The fourth-order valence-electron chi connectivity index (χ4n) is 3.17. The summed E-state index contributed by atoms with van der Waals surface area (Å²) in [4.78, 5) is 15.0. The molecule has 112 valence electrons. The second kappa shape index (κ2) is 5.78. The molecule has 0 fully saturated rings. The van der Waals surface area contributed by atoms with E-state index in [2.05, 4.69) is 0 Å². The zero-order valence-corrected chi connectivity index (χ0v) is 12.6. The van der Waals surface area contributed by atoms with Crippen LogP contribution in [-0.2, 0) is 10.2 Å². The molecule has 0 saturated heterocycles. The smallest absolute Gasteiger partial charge is 0.174 e. The third-order valence-electron chi connectivity index (χ3n) is 4.38. The summed E-state index contributed by atoms with van der Waals surface area (Å²) in [5, 5.41) is 9.43. The average Bonchev–Trinajstić information content (AvgIpc) is 2.58. The van der Waals surface area contributed by atoms with Crippen molar-refractivity contribution in [3.05, 3.63) is 83.6 Å². The summed E-state index contributed by atoms with van der Waals surface area (Å²) in [6.45, 7) is 0.397. The van der Waals surface area contributed by atoms with Crippen molar-refractivity contribution in [1.82, 2.24) is 4.90 Å². The topological polar surface area (TPSA) is 40.5 Å². The Morgan fingerprint density at radius 1 is 1.00 bits per heavy atom. The second-order valence-electron chi connectivity index (χ2n) is 5.65. The first-order valence-electron chi connectivity index (χ1n) is 7.36. The first kappa shape index (κ1) is 14.5. The van der Waals surface area contributed by atoms with Crippen LogP contribution in [0.2, 0.25) is 0 Å². The van der Waals surface area contributed by atoms with E-state index in [1.54, 1.807) is 6.08 Å². The molecule has 3 nitrogen and oxygen atoms in total. The van der Waals surface area contributed by atoms with Gasteiger partial charge in [0.25, 0.3) is 0 Å². The summed E-state index contributed by atoms with van der Waals surface area (Å²) < 4.78 is 0. The van der Waals surface area contributed by atoms with E-state index in [1.807, 2.05) is 72.6 Å². The lowest BCUT2D eigenvalue weighted by molar-refractivity contribution is -0.120. The predicted octanol–water partition coefficient (Wildman–Crippen LogP) is 2.36. The van der Waals surface area contributed by atoms with Crippen molar-refractivity contribution in [3.8, 4) is 0 Å². The zero-order valence-electron chi connectivity index (χ0n) is 12.6. The molecule has 2 aromatic carbocycles. The highest BCUT2D eigenvalue weighted by Gasteiger charge is 2.44. The number of hydrogen-bond acceptors (Lipinski definition) is 3. The normalized spacial score (nSPS) is 17.3. The largest absolute Gasteiger partial charge is 0.390 e. The monoisotopic (exact) mass is 293 g/mol. The van der Waals surface area contributed by atoms with Gasteiger partial charge in [-0.05, 0) is 11.1 Å². The lowest BCUT2D eigenvalue weighted by Gasteiger charge is -2.41. The third kappa shape index (κ3) is 2.24. The van der Waals surface area contributed by atoms with Crippen LogP contribution >= 0.6 is 0 Å². The Morgan fingerprint density at radius 3 is 1.95 bits per heavy atom. The molecule has 1 aliphatic heterocycles. The lowest BCUT2D eigenvalue weighted by Crippen LogP contribution is -2.49. The molecule has 1 heterocycles. The third-order valence-corrected chi connectivity index (χ3v) is 4.38. The fourth-order valence-corrected chi connectivity index (χ4v) is 3.17. The van der Waals surface area contributed by atoms with Crippen LogP contribution in [-0.4, -0.2) is 36.0 Å². The lowest BCUT2D eigenvalue weighted by atomic mass is 9.69. The number of aliphatic hydroxyl groups excluding tert-OH is 1. The van der Waals surface area contributed by atoms with Crippen LogP contribution in [0.25, 0.3) is 0 Å². The van der Waals surface area contributed by atoms with Gasteiger partial charge in [-0.1, -0.05) is 60.7 Å². The van der Waals surface area contributed by atoms with E-state index >= 15 is 0 Å². The number of rotatable bonds is 3. The molecule has 0 unspecified atom stereocenters. The maximum atomic E-state index is 13.0. The molecular formula is C19H19NO2. The molecular weight excluding hydrogens is 274 g/mol. The van der Waals surface area contributed by atoms with Gasteiger partial charge in [-0.15, -0.1) is 0 Å². The van der Waals surface area contributed by atoms with Gasteiger partial charge in [0.15, 0.2) is 5.78 Å². The summed E-state index contributed by atoms with van der Waals surface area (Å²) in [6.07, 6.45) is 1.57. The zero-order chi connectivity index (χ0) is 15.6. The van der Waals surface area contributed by atoms with E-state index in [0.717, 1.165) is 11.1 Å². The molecule has 0 atom stereocenters. The van der Waals surface area contributed by atoms with Gasteiger partial charge in [0.05, 0.1) is 6.61 Å². The SMILES string of the molecule is CN1CC(c2ccccc2)(c2ccccc2)C(=O)C=C1CO. The van der Waals surface area contributed by atoms with E-state index < -0.39 is 5.41 Å². The van der Waals surface area contributed by atoms with Gasteiger partial charge in [-0.2, -0.15) is 0 Å². The van der Waals surface area contributed by atoms with Gasteiger partial charge in [-0.25, -0.2) is 0 Å². The maximum absolute atomic E-state index is 13.0. The molecule has 0 spiro atoms. The molecule has 0 aromatic heterocycles. The minimum atomic E-state index is -0.726.